The van der Waals surface area contributed by atoms with Crippen molar-refractivity contribution >= 4 is 0 Å². The van der Waals surface area contributed by atoms with Crippen LogP contribution in [0.2, 0.25) is 0 Å². The highest BCUT2D eigenvalue weighted by atomic mass is 16.6. The fourth-order valence-electron chi connectivity index (χ4n) is 7.17. The first-order valence-electron chi connectivity index (χ1n) is 18.5. The lowest BCUT2D eigenvalue weighted by Crippen LogP contribution is -2.61. The maximum Gasteiger partial charge on any atom is 0.333 e. The van der Waals surface area contributed by atoms with Crippen LogP contribution >= 0.6 is 0 Å². The van der Waals surface area contributed by atoms with Gasteiger partial charge >= 0.3 is 5.69 Å². The first-order chi connectivity index (χ1) is 28.4. The Balaban J connectivity index is 1.50. The molecular formula is C47H44N2O9. The van der Waals surface area contributed by atoms with Crippen LogP contribution in [0.1, 0.15) is 28.5 Å². The molecular weight excluding hydrogens is 737 g/mol. The van der Waals surface area contributed by atoms with Crippen LogP contribution in [-0.2, 0) is 35.8 Å². The van der Waals surface area contributed by atoms with Crippen molar-refractivity contribution in [1.29, 1.82) is 0 Å². The minimum Gasteiger partial charge on any atom is -0.497 e. The molecule has 0 saturated carbocycles. The van der Waals surface area contributed by atoms with Gasteiger partial charge < -0.3 is 33.2 Å². The smallest absolute Gasteiger partial charge is 0.333 e. The molecule has 0 N–H and O–H groups in total. The van der Waals surface area contributed by atoms with E-state index in [9.17, 15) is 9.59 Å². The third-order valence-electron chi connectivity index (χ3n) is 9.88. The number of terminal acetylenes is 3. The van der Waals surface area contributed by atoms with E-state index in [4.69, 9.17) is 52.4 Å². The molecule has 2 unspecified atom stereocenters. The summed E-state index contributed by atoms with van der Waals surface area (Å²) < 4.78 is 46.3. The standard InChI is InChI=1S/C47H44N2O9/c1-6-29-54-42-40(33-57-47(35-17-13-10-14-18-35,36-19-23-38(52-4)24-20-36)37-21-25-39(53-5)26-22-37)58-45(44(56-31-8-3)43(42)55-30-7-2)48-28-27-41(50)49(46(48)51)32-34-15-11-9-12-16-34/h1-3,9-28,40,42-45H,29-33H2,4-5H3/t40?,42-,43+,44?,45-/m1/s1. The van der Waals surface area contributed by atoms with Gasteiger partial charge in [-0.3, -0.25) is 13.9 Å². The third-order valence-corrected chi connectivity index (χ3v) is 9.88. The van der Waals surface area contributed by atoms with E-state index >= 15 is 0 Å². The molecule has 1 fully saturated rings. The van der Waals surface area contributed by atoms with Crippen molar-refractivity contribution in [1.82, 2.24) is 9.13 Å². The van der Waals surface area contributed by atoms with Crippen LogP contribution in [0.3, 0.4) is 0 Å². The van der Waals surface area contributed by atoms with Crippen LogP contribution in [0.4, 0.5) is 0 Å². The van der Waals surface area contributed by atoms with Crippen LogP contribution in [0.15, 0.2) is 131 Å². The zero-order chi connectivity index (χ0) is 40.9. The Kier molecular flexibility index (Phi) is 14.0. The van der Waals surface area contributed by atoms with E-state index in [0.717, 1.165) is 26.8 Å². The molecule has 0 spiro atoms. The zero-order valence-electron chi connectivity index (χ0n) is 32.3. The summed E-state index contributed by atoms with van der Waals surface area (Å²) in [4.78, 5) is 27.5. The topological polar surface area (TPSA) is 109 Å². The van der Waals surface area contributed by atoms with Crippen molar-refractivity contribution in [3.05, 3.63) is 165 Å². The second kappa shape index (κ2) is 19.7. The molecule has 296 valence electrons. The molecule has 5 aromatic rings. The summed E-state index contributed by atoms with van der Waals surface area (Å²) in [6.45, 7) is -0.577. The van der Waals surface area contributed by atoms with E-state index in [-0.39, 0.29) is 33.0 Å². The van der Waals surface area contributed by atoms with Crippen molar-refractivity contribution in [2.75, 3.05) is 40.6 Å². The summed E-state index contributed by atoms with van der Waals surface area (Å²) in [6.07, 6.45) is 13.3. The summed E-state index contributed by atoms with van der Waals surface area (Å²) in [7, 11) is 3.20. The zero-order valence-corrected chi connectivity index (χ0v) is 32.3. The predicted molar refractivity (Wildman–Crippen MR) is 218 cm³/mol. The van der Waals surface area contributed by atoms with E-state index in [1.807, 2.05) is 109 Å². The fraction of sp³-hybridized carbons (Fsp3) is 0.277. The average Bonchev–Trinajstić information content (AvgIpc) is 3.27. The Labute approximate surface area is 338 Å². The molecule has 1 aromatic heterocycles. The second-order valence-corrected chi connectivity index (χ2v) is 13.2. The molecule has 11 nitrogen and oxygen atoms in total. The van der Waals surface area contributed by atoms with Gasteiger partial charge in [0.05, 0.1) is 27.4 Å². The predicted octanol–water partition coefficient (Wildman–Crippen LogP) is 5.04. The SMILES string of the molecule is C#CCOC1[C@@H](OCC#C)[C@H](OCC#C)C(COC(c2ccccc2)(c2ccc(OC)cc2)c2ccc(OC)cc2)O[C@H]1n1ccc(=O)n(Cc2ccccc2)c1=O. The quantitative estimate of drug-likeness (QED) is 0.0949. The van der Waals surface area contributed by atoms with E-state index < -0.39 is 47.5 Å². The molecule has 0 bridgehead atoms. The second-order valence-electron chi connectivity index (χ2n) is 13.2. The largest absolute Gasteiger partial charge is 0.497 e. The molecule has 0 amide bonds. The molecule has 1 aliphatic rings. The highest BCUT2D eigenvalue weighted by Gasteiger charge is 2.51. The number of hydrogen-bond donors (Lipinski definition) is 0. The molecule has 5 atom stereocenters. The Morgan fingerprint density at radius 3 is 1.67 bits per heavy atom. The van der Waals surface area contributed by atoms with Gasteiger partial charge in [-0.15, -0.1) is 19.3 Å². The number of ether oxygens (including phenoxy) is 7. The number of rotatable bonds is 17. The number of benzene rings is 4. The van der Waals surface area contributed by atoms with Crippen molar-refractivity contribution in [2.45, 2.75) is 42.8 Å². The summed E-state index contributed by atoms with van der Waals surface area (Å²) in [6, 6.07) is 35.4. The van der Waals surface area contributed by atoms with Gasteiger partial charge in [-0.1, -0.05) is 103 Å². The van der Waals surface area contributed by atoms with E-state index in [1.54, 1.807) is 14.2 Å². The summed E-state index contributed by atoms with van der Waals surface area (Å²) in [5.74, 6) is 8.84. The molecule has 0 radical (unpaired) electrons. The van der Waals surface area contributed by atoms with Gasteiger partial charge in [-0.2, -0.15) is 0 Å². The van der Waals surface area contributed by atoms with E-state index in [2.05, 4.69) is 17.8 Å². The number of hydrogen-bond acceptors (Lipinski definition) is 9. The van der Waals surface area contributed by atoms with Crippen LogP contribution < -0.4 is 20.7 Å². The highest BCUT2D eigenvalue weighted by Crippen LogP contribution is 2.43. The molecule has 2 heterocycles. The van der Waals surface area contributed by atoms with Crippen molar-refractivity contribution in [3.63, 3.8) is 0 Å². The van der Waals surface area contributed by atoms with Gasteiger partial charge in [0.1, 0.15) is 61.3 Å². The van der Waals surface area contributed by atoms with Crippen LogP contribution in [0, 0.1) is 37.0 Å². The molecule has 1 aliphatic heterocycles. The summed E-state index contributed by atoms with van der Waals surface area (Å²) in [5.41, 5.74) is 0.714. The number of nitrogens with zero attached hydrogens (tertiary/aromatic N) is 2. The van der Waals surface area contributed by atoms with E-state index in [1.165, 1.54) is 16.8 Å². The van der Waals surface area contributed by atoms with Gasteiger partial charge in [-0.05, 0) is 46.5 Å². The molecule has 6 rings (SSSR count). The first-order valence-corrected chi connectivity index (χ1v) is 18.5. The molecule has 0 aliphatic carbocycles. The summed E-state index contributed by atoms with van der Waals surface area (Å²) >= 11 is 0. The van der Waals surface area contributed by atoms with E-state index in [0.29, 0.717) is 11.5 Å². The maximum absolute atomic E-state index is 14.3. The molecule has 11 heteroatoms. The van der Waals surface area contributed by atoms with Crippen LogP contribution in [-0.4, -0.2) is 74.2 Å². The monoisotopic (exact) mass is 780 g/mol. The van der Waals surface area contributed by atoms with Crippen LogP contribution in [0.5, 0.6) is 11.5 Å². The van der Waals surface area contributed by atoms with Crippen molar-refractivity contribution < 1.29 is 33.2 Å². The Bertz CT molecular complexity index is 2290. The first kappa shape index (κ1) is 41.3. The lowest BCUT2D eigenvalue weighted by Gasteiger charge is -2.47. The van der Waals surface area contributed by atoms with Crippen molar-refractivity contribution in [2.24, 2.45) is 0 Å². The lowest BCUT2D eigenvalue weighted by atomic mass is 9.80. The normalized spacial score (nSPS) is 19.0. The Morgan fingerprint density at radius 1 is 0.638 bits per heavy atom. The minimum atomic E-state index is -1.25. The summed E-state index contributed by atoms with van der Waals surface area (Å²) in [5, 5.41) is 0. The Morgan fingerprint density at radius 2 is 1.14 bits per heavy atom. The highest BCUT2D eigenvalue weighted by molar-refractivity contribution is 5.49. The van der Waals surface area contributed by atoms with Gasteiger partial charge in [-0.25, -0.2) is 4.79 Å². The third kappa shape index (κ3) is 8.94. The van der Waals surface area contributed by atoms with Gasteiger partial charge in [0.25, 0.3) is 5.56 Å². The molecule has 1 saturated heterocycles. The minimum absolute atomic E-state index is 0.0166. The average molecular weight is 781 g/mol. The molecule has 58 heavy (non-hydrogen) atoms. The van der Waals surface area contributed by atoms with Gasteiger partial charge in [0.15, 0.2) is 6.23 Å². The maximum atomic E-state index is 14.3. The number of methoxy groups -OCH3 is 2. The van der Waals surface area contributed by atoms with Crippen molar-refractivity contribution in [3.8, 4) is 48.5 Å². The number of aromatic nitrogens is 2. The van der Waals surface area contributed by atoms with Gasteiger partial charge in [0.2, 0.25) is 0 Å². The van der Waals surface area contributed by atoms with Crippen LogP contribution in [0.25, 0.3) is 0 Å². The molecule has 4 aromatic carbocycles. The van der Waals surface area contributed by atoms with Gasteiger partial charge in [0, 0.05) is 12.3 Å². The fourth-order valence-corrected chi connectivity index (χ4v) is 7.17. The Hall–Kier alpha value is -6.36. The lowest BCUT2D eigenvalue weighted by molar-refractivity contribution is -0.282.